The van der Waals surface area contributed by atoms with Gasteiger partial charge in [0.2, 0.25) is 11.3 Å². The Kier molecular flexibility index (Phi) is 6.81. The van der Waals surface area contributed by atoms with Crippen LogP contribution in [0.15, 0.2) is 41.3 Å². The van der Waals surface area contributed by atoms with Gasteiger partial charge in [-0.2, -0.15) is 0 Å². The van der Waals surface area contributed by atoms with Crippen molar-refractivity contribution >= 4 is 11.6 Å². The second-order valence-corrected chi connectivity index (χ2v) is 7.04. The van der Waals surface area contributed by atoms with E-state index in [0.717, 1.165) is 31.6 Å². The Morgan fingerprint density at radius 1 is 1.18 bits per heavy atom. The number of rotatable bonds is 6. The average molecular weight is 387 g/mol. The van der Waals surface area contributed by atoms with Crippen LogP contribution in [0.2, 0.25) is 0 Å². The predicted octanol–water partition coefficient (Wildman–Crippen LogP) is 3.01. The van der Waals surface area contributed by atoms with Crippen molar-refractivity contribution in [1.82, 2.24) is 9.47 Å². The first kappa shape index (κ1) is 20.1. The summed E-state index contributed by atoms with van der Waals surface area (Å²) in [6.45, 7) is 2.50. The Bertz CT molecular complexity index is 873. The highest BCUT2D eigenvalue weighted by Gasteiger charge is 2.16. The third-order valence-electron chi connectivity index (χ3n) is 4.95. The van der Waals surface area contributed by atoms with Crippen LogP contribution >= 0.6 is 0 Å². The largest absolute Gasteiger partial charge is 0.491 e. The Balaban J connectivity index is 1.80. The van der Waals surface area contributed by atoms with Crippen LogP contribution in [-0.2, 0) is 17.9 Å². The van der Waals surface area contributed by atoms with Crippen molar-refractivity contribution in [3.8, 4) is 5.75 Å². The van der Waals surface area contributed by atoms with E-state index in [1.807, 2.05) is 0 Å². The van der Waals surface area contributed by atoms with Gasteiger partial charge in [-0.3, -0.25) is 14.5 Å². The van der Waals surface area contributed by atoms with Crippen LogP contribution < -0.4 is 15.5 Å². The number of benzene rings is 1. The summed E-state index contributed by atoms with van der Waals surface area (Å²) in [5, 5.41) is 2.58. The van der Waals surface area contributed by atoms with Gasteiger partial charge in [-0.25, -0.2) is 4.39 Å². The third kappa shape index (κ3) is 5.19. The molecule has 2 aromatic rings. The summed E-state index contributed by atoms with van der Waals surface area (Å²) < 4.78 is 20.6. The normalized spacial score (nSPS) is 15.1. The molecular formula is C21H26FN3O3. The molecule has 1 aromatic carbocycles. The molecule has 1 fully saturated rings. The molecule has 1 aliphatic heterocycles. The van der Waals surface area contributed by atoms with Crippen LogP contribution in [0.4, 0.5) is 10.1 Å². The predicted molar refractivity (Wildman–Crippen MR) is 106 cm³/mol. The number of halogens is 1. The van der Waals surface area contributed by atoms with Crippen molar-refractivity contribution in [2.75, 3.05) is 25.5 Å². The molecule has 0 unspecified atom stereocenters. The van der Waals surface area contributed by atoms with Gasteiger partial charge >= 0.3 is 0 Å². The molecule has 7 heteroatoms. The highest BCUT2D eigenvalue weighted by molar-refractivity contribution is 5.90. The molecule has 0 aliphatic carbocycles. The lowest BCUT2D eigenvalue weighted by atomic mass is 10.2. The van der Waals surface area contributed by atoms with Crippen LogP contribution in [-0.4, -0.2) is 35.6 Å². The number of ether oxygens (including phenoxy) is 1. The van der Waals surface area contributed by atoms with Crippen LogP contribution in [0, 0.1) is 5.82 Å². The molecule has 150 valence electrons. The lowest BCUT2D eigenvalue weighted by Crippen LogP contribution is -2.29. The van der Waals surface area contributed by atoms with Gasteiger partial charge in [-0.1, -0.05) is 25.0 Å². The van der Waals surface area contributed by atoms with Crippen molar-refractivity contribution < 1.29 is 13.9 Å². The van der Waals surface area contributed by atoms with Gasteiger partial charge in [0.25, 0.3) is 0 Å². The second kappa shape index (κ2) is 9.50. The van der Waals surface area contributed by atoms with E-state index < -0.39 is 5.82 Å². The highest BCUT2D eigenvalue weighted by Crippen LogP contribution is 2.16. The number of pyridine rings is 1. The summed E-state index contributed by atoms with van der Waals surface area (Å²) in [5.74, 6) is -0.677. The minimum atomic E-state index is -0.488. The zero-order chi connectivity index (χ0) is 19.9. The minimum absolute atomic E-state index is 0.0336. The van der Waals surface area contributed by atoms with E-state index in [4.69, 9.17) is 4.74 Å². The number of carbonyl (C=O) groups excluding carboxylic acids is 1. The van der Waals surface area contributed by atoms with Crippen LogP contribution in [0.5, 0.6) is 5.75 Å². The number of nitrogens with one attached hydrogen (secondary N) is 1. The second-order valence-electron chi connectivity index (χ2n) is 7.04. The first-order valence-corrected chi connectivity index (χ1v) is 9.61. The summed E-state index contributed by atoms with van der Waals surface area (Å²) in [4.78, 5) is 27.0. The van der Waals surface area contributed by atoms with Gasteiger partial charge in [0, 0.05) is 18.3 Å². The quantitative estimate of drug-likeness (QED) is 0.828. The SMILES string of the molecule is COc1cn(CC(=O)Nc2ccccc2F)c(CN2CCCCCC2)cc1=O. The molecule has 1 aliphatic rings. The number of amides is 1. The van der Waals surface area contributed by atoms with Crippen LogP contribution in [0.1, 0.15) is 31.4 Å². The van der Waals surface area contributed by atoms with Gasteiger partial charge in [0.1, 0.15) is 12.4 Å². The molecule has 1 N–H and O–H groups in total. The Hall–Kier alpha value is -2.67. The molecule has 1 amide bonds. The smallest absolute Gasteiger partial charge is 0.244 e. The summed E-state index contributed by atoms with van der Waals surface area (Å²) in [6, 6.07) is 7.56. The zero-order valence-corrected chi connectivity index (χ0v) is 16.1. The molecule has 6 nitrogen and oxygen atoms in total. The number of hydrogen-bond donors (Lipinski definition) is 1. The highest BCUT2D eigenvalue weighted by atomic mass is 19.1. The molecule has 2 heterocycles. The van der Waals surface area contributed by atoms with Crippen molar-refractivity contribution in [2.45, 2.75) is 38.8 Å². The number of hydrogen-bond acceptors (Lipinski definition) is 4. The van der Waals surface area contributed by atoms with E-state index >= 15 is 0 Å². The Morgan fingerprint density at radius 2 is 1.89 bits per heavy atom. The average Bonchev–Trinajstić information content (AvgIpc) is 2.94. The van der Waals surface area contributed by atoms with Gasteiger partial charge in [-0.05, 0) is 38.1 Å². The number of carbonyl (C=O) groups is 1. The van der Waals surface area contributed by atoms with Crippen LogP contribution in [0.25, 0.3) is 0 Å². The topological polar surface area (TPSA) is 63.6 Å². The molecule has 1 saturated heterocycles. The summed E-state index contributed by atoms with van der Waals surface area (Å²) in [6.07, 6.45) is 6.26. The molecular weight excluding hydrogens is 361 g/mol. The fraction of sp³-hybridized carbons (Fsp3) is 0.429. The van der Waals surface area contributed by atoms with Crippen LogP contribution in [0.3, 0.4) is 0 Å². The van der Waals surface area contributed by atoms with Crippen molar-refractivity contribution in [2.24, 2.45) is 0 Å². The summed E-state index contributed by atoms with van der Waals surface area (Å²) in [7, 11) is 1.43. The van der Waals surface area contributed by atoms with Gasteiger partial charge in [0.05, 0.1) is 19.0 Å². The molecule has 0 bridgehead atoms. The molecule has 28 heavy (non-hydrogen) atoms. The van der Waals surface area contributed by atoms with Crippen molar-refractivity contribution in [1.29, 1.82) is 0 Å². The van der Waals surface area contributed by atoms with Gasteiger partial charge < -0.3 is 14.6 Å². The molecule has 0 atom stereocenters. The number of methoxy groups -OCH3 is 1. The van der Waals surface area contributed by atoms with E-state index in [-0.39, 0.29) is 29.3 Å². The van der Waals surface area contributed by atoms with Gasteiger partial charge in [0.15, 0.2) is 5.75 Å². The number of nitrogens with zero attached hydrogens (tertiary/aromatic N) is 2. The zero-order valence-electron chi connectivity index (χ0n) is 16.1. The maximum absolute atomic E-state index is 13.8. The van der Waals surface area contributed by atoms with Gasteiger partial charge in [-0.15, -0.1) is 0 Å². The Morgan fingerprint density at radius 3 is 2.57 bits per heavy atom. The molecule has 0 saturated carbocycles. The van der Waals surface area contributed by atoms with Crippen molar-refractivity contribution in [3.63, 3.8) is 0 Å². The Labute approximate surface area is 163 Å². The van der Waals surface area contributed by atoms with E-state index in [9.17, 15) is 14.0 Å². The maximum atomic E-state index is 13.8. The lowest BCUT2D eigenvalue weighted by molar-refractivity contribution is -0.116. The molecule has 0 radical (unpaired) electrons. The lowest BCUT2D eigenvalue weighted by Gasteiger charge is -2.23. The van der Waals surface area contributed by atoms with E-state index in [1.165, 1.54) is 38.2 Å². The first-order chi connectivity index (χ1) is 13.6. The monoisotopic (exact) mass is 387 g/mol. The van der Waals surface area contributed by atoms with E-state index in [1.54, 1.807) is 22.9 Å². The number of aromatic nitrogens is 1. The summed E-state index contributed by atoms with van der Waals surface area (Å²) >= 11 is 0. The minimum Gasteiger partial charge on any atom is -0.491 e. The van der Waals surface area contributed by atoms with Crippen molar-refractivity contribution in [3.05, 3.63) is 58.3 Å². The standard InChI is InChI=1S/C21H26FN3O3/c1-28-20-14-25(15-21(27)23-18-9-5-4-8-17(18)22)16(12-19(20)26)13-24-10-6-2-3-7-11-24/h4-5,8-9,12,14H,2-3,6-7,10-11,13,15H2,1H3,(H,23,27). The summed E-state index contributed by atoms with van der Waals surface area (Å²) in [5.41, 5.74) is 0.670. The number of likely N-dealkylation sites (tertiary alicyclic amines) is 1. The van der Waals surface area contributed by atoms with E-state index in [0.29, 0.717) is 6.54 Å². The first-order valence-electron chi connectivity index (χ1n) is 9.61. The molecule has 3 rings (SSSR count). The molecule has 1 aromatic heterocycles. The fourth-order valence-electron chi connectivity index (χ4n) is 3.46. The fourth-order valence-corrected chi connectivity index (χ4v) is 3.46. The van der Waals surface area contributed by atoms with E-state index in [2.05, 4.69) is 10.2 Å². The number of para-hydroxylation sites is 1. The number of anilines is 1. The maximum Gasteiger partial charge on any atom is 0.244 e. The molecule has 0 spiro atoms. The third-order valence-corrected chi connectivity index (χ3v) is 4.95.